The Morgan fingerprint density at radius 1 is 1.53 bits per heavy atom. The summed E-state index contributed by atoms with van der Waals surface area (Å²) >= 11 is 1.39. The highest BCUT2D eigenvalue weighted by molar-refractivity contribution is 7.13. The van der Waals surface area contributed by atoms with Crippen molar-refractivity contribution >= 4 is 22.4 Å². The van der Waals surface area contributed by atoms with Gasteiger partial charge < -0.3 is 4.42 Å². The average Bonchev–Trinajstić information content (AvgIpc) is 2.77. The van der Waals surface area contributed by atoms with E-state index in [0.29, 0.717) is 16.5 Å². The van der Waals surface area contributed by atoms with Crippen molar-refractivity contribution in [3.63, 3.8) is 0 Å². The summed E-state index contributed by atoms with van der Waals surface area (Å²) in [5, 5.41) is 5.12. The van der Waals surface area contributed by atoms with Crippen molar-refractivity contribution in [2.75, 3.05) is 5.32 Å². The lowest BCUT2D eigenvalue weighted by Gasteiger charge is -2.00. The van der Waals surface area contributed by atoms with Gasteiger partial charge in [-0.15, -0.1) is 11.3 Å². The maximum atomic E-state index is 11.8. The van der Waals surface area contributed by atoms with Gasteiger partial charge >= 0.3 is 0 Å². The molecule has 0 spiro atoms. The van der Waals surface area contributed by atoms with Crippen LogP contribution >= 0.6 is 11.3 Å². The van der Waals surface area contributed by atoms with Crippen molar-refractivity contribution in [1.29, 1.82) is 0 Å². The molecule has 0 atom stereocenters. The zero-order valence-corrected chi connectivity index (χ0v) is 9.22. The first kappa shape index (κ1) is 9.92. The van der Waals surface area contributed by atoms with E-state index in [1.165, 1.54) is 11.3 Å². The summed E-state index contributed by atoms with van der Waals surface area (Å²) in [5.41, 5.74) is 1.42. The van der Waals surface area contributed by atoms with Crippen molar-refractivity contribution in [2.45, 2.75) is 13.8 Å². The van der Waals surface area contributed by atoms with Crippen molar-refractivity contribution < 1.29 is 9.21 Å². The van der Waals surface area contributed by atoms with Gasteiger partial charge in [-0.1, -0.05) is 0 Å². The van der Waals surface area contributed by atoms with Crippen LogP contribution < -0.4 is 5.32 Å². The van der Waals surface area contributed by atoms with Gasteiger partial charge in [0.05, 0.1) is 11.8 Å². The van der Waals surface area contributed by atoms with Gasteiger partial charge in [-0.25, -0.2) is 4.98 Å². The summed E-state index contributed by atoms with van der Waals surface area (Å²) in [4.78, 5) is 15.8. The number of hydrogen-bond acceptors (Lipinski definition) is 4. The van der Waals surface area contributed by atoms with Crippen molar-refractivity contribution in [2.24, 2.45) is 0 Å². The van der Waals surface area contributed by atoms with Crippen LogP contribution in [0.25, 0.3) is 0 Å². The van der Waals surface area contributed by atoms with Crippen LogP contribution in [0.2, 0.25) is 0 Å². The third kappa shape index (κ3) is 1.92. The molecule has 0 radical (unpaired) electrons. The number of carbonyl (C=O) groups is 1. The molecule has 0 saturated carbocycles. The summed E-state index contributed by atoms with van der Waals surface area (Å²) in [5.74, 6) is 0.454. The Bertz CT molecular complexity index is 454. The number of nitrogens with zero attached hydrogens (tertiary/aromatic N) is 1. The van der Waals surface area contributed by atoms with Gasteiger partial charge in [-0.05, 0) is 13.8 Å². The predicted octanol–water partition coefficient (Wildman–Crippen LogP) is 2.61. The van der Waals surface area contributed by atoms with Gasteiger partial charge in [0.25, 0.3) is 5.91 Å². The summed E-state index contributed by atoms with van der Waals surface area (Å²) < 4.78 is 5.16. The van der Waals surface area contributed by atoms with Crippen LogP contribution in [0.5, 0.6) is 0 Å². The zero-order chi connectivity index (χ0) is 10.8. The van der Waals surface area contributed by atoms with Crippen LogP contribution in [0.15, 0.2) is 22.3 Å². The number of nitrogens with one attached hydrogen (secondary N) is 1. The fraction of sp³-hybridized carbons (Fsp3) is 0.200. The smallest absolute Gasteiger partial charge is 0.261 e. The molecule has 1 amide bonds. The SMILES string of the molecule is Cc1coc(C)c1C(=O)Nc1nccs1. The van der Waals surface area contributed by atoms with Gasteiger partial charge in [-0.3, -0.25) is 10.1 Å². The lowest BCUT2D eigenvalue weighted by molar-refractivity contribution is 0.102. The van der Waals surface area contributed by atoms with Gasteiger partial charge in [0.15, 0.2) is 5.13 Å². The Labute approximate surface area is 90.9 Å². The van der Waals surface area contributed by atoms with Crippen LogP contribution in [-0.2, 0) is 0 Å². The van der Waals surface area contributed by atoms with Gasteiger partial charge in [0.2, 0.25) is 0 Å². The molecule has 2 aromatic rings. The Morgan fingerprint density at radius 3 is 2.87 bits per heavy atom. The number of furan rings is 1. The van der Waals surface area contributed by atoms with Gasteiger partial charge in [0, 0.05) is 17.1 Å². The van der Waals surface area contributed by atoms with E-state index >= 15 is 0 Å². The molecule has 2 aromatic heterocycles. The molecule has 2 heterocycles. The number of thiazole rings is 1. The van der Waals surface area contributed by atoms with Crippen molar-refractivity contribution in [3.8, 4) is 0 Å². The molecule has 0 bridgehead atoms. The van der Waals surface area contributed by atoms with Gasteiger partial charge in [-0.2, -0.15) is 0 Å². The molecular weight excluding hydrogens is 212 g/mol. The highest BCUT2D eigenvalue weighted by Gasteiger charge is 2.16. The molecule has 0 unspecified atom stereocenters. The minimum absolute atomic E-state index is 0.172. The van der Waals surface area contributed by atoms with E-state index in [-0.39, 0.29) is 5.91 Å². The molecule has 5 heteroatoms. The number of anilines is 1. The first-order chi connectivity index (χ1) is 7.18. The fourth-order valence-electron chi connectivity index (χ4n) is 1.36. The molecule has 0 aliphatic heterocycles. The molecule has 1 N–H and O–H groups in total. The minimum atomic E-state index is -0.172. The standard InChI is InChI=1S/C10H10N2O2S/c1-6-5-14-7(2)8(6)9(13)12-10-11-3-4-15-10/h3-5H,1-2H3,(H,11,12,13). The Morgan fingerprint density at radius 2 is 2.33 bits per heavy atom. The van der Waals surface area contributed by atoms with E-state index in [4.69, 9.17) is 4.42 Å². The third-order valence-electron chi connectivity index (χ3n) is 2.04. The maximum absolute atomic E-state index is 11.8. The number of amides is 1. The summed E-state index contributed by atoms with van der Waals surface area (Å²) in [6, 6.07) is 0. The topological polar surface area (TPSA) is 55.1 Å². The summed E-state index contributed by atoms with van der Waals surface area (Å²) in [7, 11) is 0. The number of carbonyl (C=O) groups excluding carboxylic acids is 1. The number of rotatable bonds is 2. The van der Waals surface area contributed by atoms with Crippen LogP contribution in [0.1, 0.15) is 21.7 Å². The lowest BCUT2D eigenvalue weighted by Crippen LogP contribution is -2.13. The van der Waals surface area contributed by atoms with Crippen molar-refractivity contribution in [1.82, 2.24) is 4.98 Å². The largest absolute Gasteiger partial charge is 0.469 e. The maximum Gasteiger partial charge on any atom is 0.261 e. The monoisotopic (exact) mass is 222 g/mol. The fourth-order valence-corrected chi connectivity index (χ4v) is 1.88. The second-order valence-electron chi connectivity index (χ2n) is 3.14. The normalized spacial score (nSPS) is 10.3. The molecular formula is C10H10N2O2S. The second-order valence-corrected chi connectivity index (χ2v) is 4.04. The molecule has 15 heavy (non-hydrogen) atoms. The van der Waals surface area contributed by atoms with Crippen LogP contribution in [0.3, 0.4) is 0 Å². The quantitative estimate of drug-likeness (QED) is 0.849. The Balaban J connectivity index is 2.22. The summed E-state index contributed by atoms with van der Waals surface area (Å²) in [6.45, 7) is 3.61. The molecule has 4 nitrogen and oxygen atoms in total. The molecule has 0 aromatic carbocycles. The average molecular weight is 222 g/mol. The Kier molecular flexibility index (Phi) is 2.55. The molecule has 78 valence electrons. The minimum Gasteiger partial charge on any atom is -0.469 e. The molecule has 0 fully saturated rings. The molecule has 2 rings (SSSR count). The van der Waals surface area contributed by atoms with Crippen LogP contribution in [0, 0.1) is 13.8 Å². The lowest BCUT2D eigenvalue weighted by atomic mass is 10.1. The van der Waals surface area contributed by atoms with E-state index in [0.717, 1.165) is 5.56 Å². The summed E-state index contributed by atoms with van der Waals surface area (Å²) in [6.07, 6.45) is 3.22. The Hall–Kier alpha value is -1.62. The predicted molar refractivity (Wildman–Crippen MR) is 58.2 cm³/mol. The highest BCUT2D eigenvalue weighted by atomic mass is 32.1. The van der Waals surface area contributed by atoms with E-state index in [1.54, 1.807) is 19.4 Å². The first-order valence-electron chi connectivity index (χ1n) is 4.44. The highest BCUT2D eigenvalue weighted by Crippen LogP contribution is 2.18. The van der Waals surface area contributed by atoms with Crippen molar-refractivity contribution in [3.05, 3.63) is 34.7 Å². The third-order valence-corrected chi connectivity index (χ3v) is 2.73. The van der Waals surface area contributed by atoms with E-state index in [1.807, 2.05) is 12.3 Å². The molecule has 0 aliphatic rings. The first-order valence-corrected chi connectivity index (χ1v) is 5.32. The number of hydrogen-bond donors (Lipinski definition) is 1. The number of aromatic nitrogens is 1. The van der Waals surface area contributed by atoms with E-state index in [9.17, 15) is 4.79 Å². The second kappa shape index (κ2) is 3.86. The molecule has 0 saturated heterocycles. The number of aryl methyl sites for hydroxylation is 2. The van der Waals surface area contributed by atoms with Crippen LogP contribution in [0.4, 0.5) is 5.13 Å². The van der Waals surface area contributed by atoms with Gasteiger partial charge in [0.1, 0.15) is 5.76 Å². The van der Waals surface area contributed by atoms with E-state index < -0.39 is 0 Å². The zero-order valence-electron chi connectivity index (χ0n) is 8.40. The molecule has 0 aliphatic carbocycles. The van der Waals surface area contributed by atoms with Crippen LogP contribution in [-0.4, -0.2) is 10.9 Å². The van der Waals surface area contributed by atoms with E-state index in [2.05, 4.69) is 10.3 Å².